The van der Waals surface area contributed by atoms with Crippen LogP contribution in [0.2, 0.25) is 10.0 Å². The quantitative estimate of drug-likeness (QED) is 0.413. The number of likely N-dealkylation sites (N-methyl/N-ethyl adjacent to an activating group) is 1. The van der Waals surface area contributed by atoms with E-state index in [0.29, 0.717) is 5.02 Å². The summed E-state index contributed by atoms with van der Waals surface area (Å²) in [6.45, 7) is -0.439. The molecule has 36 heavy (non-hydrogen) atoms. The first kappa shape index (κ1) is 27.5. The first-order chi connectivity index (χ1) is 17.1. The highest BCUT2D eigenvalue weighted by Crippen LogP contribution is 2.30. The molecule has 2 amide bonds. The molecule has 0 radical (unpaired) electrons. The van der Waals surface area contributed by atoms with E-state index in [9.17, 15) is 18.0 Å². The van der Waals surface area contributed by atoms with Crippen LogP contribution in [0.3, 0.4) is 0 Å². The van der Waals surface area contributed by atoms with Gasteiger partial charge in [0.15, 0.2) is 0 Å². The molecule has 0 heterocycles. The van der Waals surface area contributed by atoms with Crippen LogP contribution < -0.4 is 9.62 Å². The molecule has 3 aromatic rings. The topological polar surface area (TPSA) is 86.8 Å². The lowest BCUT2D eigenvalue weighted by molar-refractivity contribution is -0.139. The van der Waals surface area contributed by atoms with Crippen LogP contribution in [0, 0.1) is 0 Å². The minimum Gasteiger partial charge on any atom is -0.357 e. The maximum Gasteiger partial charge on any atom is 0.244 e. The highest BCUT2D eigenvalue weighted by Gasteiger charge is 2.33. The van der Waals surface area contributed by atoms with Gasteiger partial charge in [0.05, 0.1) is 17.0 Å². The lowest BCUT2D eigenvalue weighted by Crippen LogP contribution is -2.52. The van der Waals surface area contributed by atoms with Crippen LogP contribution in [-0.2, 0) is 32.6 Å². The summed E-state index contributed by atoms with van der Waals surface area (Å²) in [5.41, 5.74) is 1.78. The molecule has 10 heteroatoms. The molecule has 0 saturated carbocycles. The van der Waals surface area contributed by atoms with E-state index in [2.05, 4.69) is 5.32 Å². The molecule has 1 atom stereocenters. The molecule has 7 nitrogen and oxygen atoms in total. The summed E-state index contributed by atoms with van der Waals surface area (Å²) in [6.07, 6.45) is 1.24. The van der Waals surface area contributed by atoms with Crippen molar-refractivity contribution in [1.82, 2.24) is 10.2 Å². The first-order valence-corrected chi connectivity index (χ1v) is 13.7. The number of rotatable bonds is 10. The lowest BCUT2D eigenvalue weighted by atomic mass is 10.0. The number of anilines is 1. The Labute approximate surface area is 221 Å². The number of hydrogen-bond acceptors (Lipinski definition) is 4. The molecule has 3 rings (SSSR count). The zero-order chi connectivity index (χ0) is 26.3. The molecule has 0 spiro atoms. The summed E-state index contributed by atoms with van der Waals surface area (Å²) in [6, 6.07) is 22.0. The van der Waals surface area contributed by atoms with Crippen molar-refractivity contribution in [3.05, 3.63) is 100 Å². The molecule has 0 fully saturated rings. The van der Waals surface area contributed by atoms with Gasteiger partial charge in [-0.15, -0.1) is 0 Å². The molecular weight excluding hydrogens is 521 g/mol. The van der Waals surface area contributed by atoms with E-state index in [1.807, 2.05) is 60.7 Å². The van der Waals surface area contributed by atoms with E-state index < -0.39 is 28.5 Å². The van der Waals surface area contributed by atoms with Crippen LogP contribution >= 0.6 is 23.2 Å². The number of hydrogen-bond donors (Lipinski definition) is 1. The Balaban J connectivity index is 2.02. The van der Waals surface area contributed by atoms with Crippen molar-refractivity contribution in [2.45, 2.75) is 19.0 Å². The van der Waals surface area contributed by atoms with Crippen molar-refractivity contribution in [2.75, 3.05) is 24.2 Å². The number of amides is 2. The van der Waals surface area contributed by atoms with Crippen molar-refractivity contribution < 1.29 is 18.0 Å². The summed E-state index contributed by atoms with van der Waals surface area (Å²) in [4.78, 5) is 28.2. The number of nitrogens with one attached hydrogen (secondary N) is 1. The van der Waals surface area contributed by atoms with Crippen molar-refractivity contribution in [3.8, 4) is 0 Å². The molecule has 0 aliphatic heterocycles. The Bertz CT molecular complexity index is 1310. The third-order valence-corrected chi connectivity index (χ3v) is 7.24. The first-order valence-electron chi connectivity index (χ1n) is 11.1. The number of carbonyl (C=O) groups excluding carboxylic acids is 2. The average molecular weight is 548 g/mol. The van der Waals surface area contributed by atoms with Gasteiger partial charge in [0.2, 0.25) is 21.8 Å². The third kappa shape index (κ3) is 7.22. The fourth-order valence-electron chi connectivity index (χ4n) is 3.78. The molecule has 0 bridgehead atoms. The molecule has 0 aliphatic carbocycles. The largest absolute Gasteiger partial charge is 0.357 e. The monoisotopic (exact) mass is 547 g/mol. The van der Waals surface area contributed by atoms with E-state index in [-0.39, 0.29) is 29.6 Å². The van der Waals surface area contributed by atoms with Gasteiger partial charge in [-0.25, -0.2) is 8.42 Å². The Morgan fingerprint density at radius 1 is 0.917 bits per heavy atom. The summed E-state index contributed by atoms with van der Waals surface area (Å²) in [5.74, 6) is -0.918. The van der Waals surface area contributed by atoms with Crippen LogP contribution in [0.4, 0.5) is 5.69 Å². The van der Waals surface area contributed by atoms with Crippen LogP contribution in [0.25, 0.3) is 0 Å². The Kier molecular flexibility index (Phi) is 9.37. The normalized spacial score (nSPS) is 12.0. The smallest absolute Gasteiger partial charge is 0.244 e. The second kappa shape index (κ2) is 12.3. The van der Waals surface area contributed by atoms with Gasteiger partial charge in [-0.05, 0) is 29.3 Å². The number of benzene rings is 3. The summed E-state index contributed by atoms with van der Waals surface area (Å²) < 4.78 is 26.4. The van der Waals surface area contributed by atoms with Gasteiger partial charge in [0.25, 0.3) is 0 Å². The Morgan fingerprint density at radius 2 is 1.50 bits per heavy atom. The second-order valence-electron chi connectivity index (χ2n) is 8.19. The SMILES string of the molecule is CNC(=O)[C@H](Cc1ccccc1)N(Cc1ccccc1)C(=O)CN(c1ccc(Cl)cc1Cl)S(C)(=O)=O. The average Bonchev–Trinajstić information content (AvgIpc) is 2.85. The Hall–Kier alpha value is -3.07. The number of carbonyl (C=O) groups is 2. The van der Waals surface area contributed by atoms with Gasteiger partial charge in [0.1, 0.15) is 12.6 Å². The molecule has 0 aromatic heterocycles. The maximum atomic E-state index is 13.8. The van der Waals surface area contributed by atoms with E-state index in [1.165, 1.54) is 30.1 Å². The molecule has 1 N–H and O–H groups in total. The molecular formula is C26H27Cl2N3O4S. The fraction of sp³-hybridized carbons (Fsp3) is 0.231. The van der Waals surface area contributed by atoms with E-state index in [0.717, 1.165) is 21.7 Å². The summed E-state index contributed by atoms with van der Waals surface area (Å²) in [5, 5.41) is 3.05. The highest BCUT2D eigenvalue weighted by atomic mass is 35.5. The van der Waals surface area contributed by atoms with E-state index >= 15 is 0 Å². The summed E-state index contributed by atoms with van der Waals surface area (Å²) >= 11 is 12.3. The van der Waals surface area contributed by atoms with Crippen molar-refractivity contribution in [1.29, 1.82) is 0 Å². The van der Waals surface area contributed by atoms with Crippen molar-refractivity contribution in [2.24, 2.45) is 0 Å². The molecule has 0 saturated heterocycles. The van der Waals surface area contributed by atoms with Crippen molar-refractivity contribution in [3.63, 3.8) is 0 Å². The maximum absolute atomic E-state index is 13.8. The lowest BCUT2D eigenvalue weighted by Gasteiger charge is -2.33. The Morgan fingerprint density at radius 3 is 2.03 bits per heavy atom. The van der Waals surface area contributed by atoms with Crippen LogP contribution in [0.5, 0.6) is 0 Å². The fourth-order valence-corrected chi connectivity index (χ4v) is 5.20. The van der Waals surface area contributed by atoms with Gasteiger partial charge in [-0.1, -0.05) is 83.9 Å². The van der Waals surface area contributed by atoms with Crippen LogP contribution in [0.1, 0.15) is 11.1 Å². The molecule has 0 unspecified atom stereocenters. The third-order valence-electron chi connectivity index (χ3n) is 5.57. The van der Waals surface area contributed by atoms with Crippen molar-refractivity contribution >= 4 is 50.7 Å². The van der Waals surface area contributed by atoms with Crippen LogP contribution in [-0.4, -0.2) is 51.0 Å². The molecule has 0 aliphatic rings. The van der Waals surface area contributed by atoms with E-state index in [4.69, 9.17) is 23.2 Å². The number of sulfonamides is 1. The standard InChI is InChI=1S/C26H27Cl2N3O4S/c1-29-26(33)24(15-19-9-5-3-6-10-19)30(17-20-11-7-4-8-12-20)25(32)18-31(36(2,34)35)23-14-13-21(27)16-22(23)28/h3-14,16,24H,15,17-18H2,1-2H3,(H,29,33)/t24-/m0/s1. The van der Waals surface area contributed by atoms with Gasteiger partial charge in [-0.3, -0.25) is 13.9 Å². The minimum atomic E-state index is -3.91. The number of halogens is 2. The molecule has 190 valence electrons. The zero-order valence-electron chi connectivity index (χ0n) is 19.9. The predicted molar refractivity (Wildman–Crippen MR) is 144 cm³/mol. The summed E-state index contributed by atoms with van der Waals surface area (Å²) in [7, 11) is -2.41. The molecule has 3 aromatic carbocycles. The van der Waals surface area contributed by atoms with Gasteiger partial charge >= 0.3 is 0 Å². The van der Waals surface area contributed by atoms with Gasteiger partial charge in [0, 0.05) is 25.0 Å². The predicted octanol–water partition coefficient (Wildman–Crippen LogP) is 4.15. The van der Waals surface area contributed by atoms with Crippen LogP contribution in [0.15, 0.2) is 78.9 Å². The number of nitrogens with zero attached hydrogens (tertiary/aromatic N) is 2. The van der Waals surface area contributed by atoms with Gasteiger partial charge < -0.3 is 10.2 Å². The highest BCUT2D eigenvalue weighted by molar-refractivity contribution is 7.92. The van der Waals surface area contributed by atoms with E-state index in [1.54, 1.807) is 0 Å². The minimum absolute atomic E-state index is 0.0856. The zero-order valence-corrected chi connectivity index (χ0v) is 22.2. The second-order valence-corrected chi connectivity index (χ2v) is 10.9. The van der Waals surface area contributed by atoms with Gasteiger partial charge in [-0.2, -0.15) is 0 Å².